The van der Waals surface area contributed by atoms with E-state index in [1.165, 1.54) is 13.0 Å². The average Bonchev–Trinajstić information content (AvgIpc) is 1.85. The number of rotatable bonds is 3. The second kappa shape index (κ2) is 4.74. The van der Waals surface area contributed by atoms with Crippen molar-refractivity contribution in [2.45, 2.75) is 13.8 Å². The van der Waals surface area contributed by atoms with E-state index in [0.29, 0.717) is 0 Å². The first-order chi connectivity index (χ1) is 4.66. The van der Waals surface area contributed by atoms with Crippen molar-refractivity contribution in [1.29, 1.82) is 0 Å². The fourth-order valence-corrected chi connectivity index (χ4v) is 0.490. The molecule has 10 heavy (non-hydrogen) atoms. The molecule has 1 heteroatoms. The van der Waals surface area contributed by atoms with Crippen LogP contribution >= 0.6 is 0 Å². The van der Waals surface area contributed by atoms with Gasteiger partial charge in [-0.3, -0.25) is 4.79 Å². The smallest absolute Gasteiger partial charge is 0.152 e. The van der Waals surface area contributed by atoms with Crippen LogP contribution in [-0.2, 0) is 4.79 Å². The predicted molar refractivity (Wildman–Crippen MR) is 43.8 cm³/mol. The van der Waals surface area contributed by atoms with E-state index in [-0.39, 0.29) is 5.78 Å². The maximum atomic E-state index is 10.4. The Hall–Kier alpha value is -1.11. The predicted octanol–water partition coefficient (Wildman–Crippen LogP) is 2.26. The van der Waals surface area contributed by atoms with Crippen molar-refractivity contribution in [3.8, 4) is 0 Å². The van der Waals surface area contributed by atoms with E-state index in [2.05, 4.69) is 6.58 Å². The Bertz CT molecular complexity index is 185. The van der Waals surface area contributed by atoms with Gasteiger partial charge in [0, 0.05) is 0 Å². The van der Waals surface area contributed by atoms with Crippen molar-refractivity contribution in [3.63, 3.8) is 0 Å². The van der Waals surface area contributed by atoms with Gasteiger partial charge >= 0.3 is 0 Å². The molecule has 0 rings (SSSR count). The number of allylic oxidation sites excluding steroid dienone is 5. The second-order valence-electron chi connectivity index (χ2n) is 2.09. The highest BCUT2D eigenvalue weighted by Gasteiger charge is 1.81. The van der Waals surface area contributed by atoms with Crippen LogP contribution in [0.2, 0.25) is 0 Å². The van der Waals surface area contributed by atoms with Crippen LogP contribution in [0.5, 0.6) is 0 Å². The van der Waals surface area contributed by atoms with E-state index in [0.717, 1.165) is 5.57 Å². The van der Waals surface area contributed by atoms with Crippen LogP contribution in [0.3, 0.4) is 0 Å². The quantitative estimate of drug-likeness (QED) is 0.429. The molecule has 0 spiro atoms. The first-order valence-corrected chi connectivity index (χ1v) is 3.15. The number of hydrogen-bond acceptors (Lipinski definition) is 1. The summed E-state index contributed by atoms with van der Waals surface area (Å²) in [5.74, 6) is 0.0665. The minimum Gasteiger partial charge on any atom is -0.295 e. The summed E-state index contributed by atoms with van der Waals surface area (Å²) in [6.45, 7) is 6.98. The van der Waals surface area contributed by atoms with Crippen molar-refractivity contribution >= 4 is 5.78 Å². The third-order valence-corrected chi connectivity index (χ3v) is 0.962. The summed E-state index contributed by atoms with van der Waals surface area (Å²) in [6.07, 6.45) is 6.85. The van der Waals surface area contributed by atoms with Gasteiger partial charge in [0.25, 0.3) is 0 Å². The molecule has 0 aromatic rings. The molecule has 0 aromatic heterocycles. The minimum absolute atomic E-state index is 0.0665. The Labute approximate surface area is 61.8 Å². The summed E-state index contributed by atoms with van der Waals surface area (Å²) in [4.78, 5) is 10.4. The molecule has 0 fully saturated rings. The molecule has 0 aromatic carbocycles. The lowest BCUT2D eigenvalue weighted by atomic mass is 10.2. The topological polar surface area (TPSA) is 17.1 Å². The van der Waals surface area contributed by atoms with Crippen LogP contribution in [-0.4, -0.2) is 5.78 Å². The lowest BCUT2D eigenvalue weighted by molar-refractivity contribution is -0.112. The lowest BCUT2D eigenvalue weighted by Crippen LogP contribution is -1.79. The normalized spacial score (nSPS) is 12.0. The largest absolute Gasteiger partial charge is 0.295 e. The SMILES string of the molecule is C=C/C=C(C)\C=C\C(C)=O. The Kier molecular flexibility index (Phi) is 4.21. The molecule has 0 bridgehead atoms. The zero-order valence-corrected chi connectivity index (χ0v) is 6.42. The number of ketones is 1. The van der Waals surface area contributed by atoms with Gasteiger partial charge < -0.3 is 0 Å². The molecule has 0 atom stereocenters. The number of carbonyl (C=O) groups is 1. The van der Waals surface area contributed by atoms with Gasteiger partial charge in [0.2, 0.25) is 0 Å². The zero-order valence-electron chi connectivity index (χ0n) is 6.42. The van der Waals surface area contributed by atoms with Crippen molar-refractivity contribution in [2.24, 2.45) is 0 Å². The molecule has 54 valence electrons. The van der Waals surface area contributed by atoms with Gasteiger partial charge in [-0.05, 0) is 19.9 Å². The van der Waals surface area contributed by atoms with E-state index in [4.69, 9.17) is 0 Å². The molecule has 0 aliphatic rings. The van der Waals surface area contributed by atoms with Gasteiger partial charge in [0.1, 0.15) is 0 Å². The Morgan fingerprint density at radius 1 is 1.30 bits per heavy atom. The number of hydrogen-bond donors (Lipinski definition) is 0. The van der Waals surface area contributed by atoms with Crippen LogP contribution in [0.4, 0.5) is 0 Å². The maximum absolute atomic E-state index is 10.4. The molecule has 0 unspecified atom stereocenters. The van der Waals surface area contributed by atoms with E-state index in [9.17, 15) is 4.79 Å². The van der Waals surface area contributed by atoms with E-state index in [1.54, 1.807) is 12.2 Å². The lowest BCUT2D eigenvalue weighted by Gasteiger charge is -1.84. The summed E-state index contributed by atoms with van der Waals surface area (Å²) in [7, 11) is 0. The molecular formula is C9H12O. The fourth-order valence-electron chi connectivity index (χ4n) is 0.490. The molecule has 0 amide bonds. The molecule has 0 aliphatic carbocycles. The van der Waals surface area contributed by atoms with Crippen LogP contribution in [0, 0.1) is 0 Å². The molecule has 0 saturated carbocycles. The standard InChI is InChI=1S/C9H12O/c1-4-5-8(2)6-7-9(3)10/h4-7H,1H2,2-3H3/b7-6+,8-5-. The Morgan fingerprint density at radius 2 is 1.90 bits per heavy atom. The van der Waals surface area contributed by atoms with Gasteiger partial charge in [-0.1, -0.05) is 30.4 Å². The van der Waals surface area contributed by atoms with Gasteiger partial charge in [-0.25, -0.2) is 0 Å². The van der Waals surface area contributed by atoms with Crippen molar-refractivity contribution in [3.05, 3.63) is 36.5 Å². The molecule has 0 aliphatic heterocycles. The third kappa shape index (κ3) is 5.04. The van der Waals surface area contributed by atoms with Gasteiger partial charge in [-0.2, -0.15) is 0 Å². The third-order valence-electron chi connectivity index (χ3n) is 0.962. The van der Waals surface area contributed by atoms with Gasteiger partial charge in [0.15, 0.2) is 5.78 Å². The average molecular weight is 136 g/mol. The molecule has 0 N–H and O–H groups in total. The second-order valence-corrected chi connectivity index (χ2v) is 2.09. The molecule has 1 nitrogen and oxygen atoms in total. The summed E-state index contributed by atoms with van der Waals surface area (Å²) < 4.78 is 0. The summed E-state index contributed by atoms with van der Waals surface area (Å²) in [6, 6.07) is 0. The van der Waals surface area contributed by atoms with Crippen LogP contribution in [0.1, 0.15) is 13.8 Å². The number of carbonyl (C=O) groups excluding carboxylic acids is 1. The van der Waals surface area contributed by atoms with E-state index < -0.39 is 0 Å². The van der Waals surface area contributed by atoms with Crippen LogP contribution in [0.15, 0.2) is 36.5 Å². The van der Waals surface area contributed by atoms with Gasteiger partial charge in [0.05, 0.1) is 0 Å². The monoisotopic (exact) mass is 136 g/mol. The van der Waals surface area contributed by atoms with Crippen molar-refractivity contribution in [1.82, 2.24) is 0 Å². The first kappa shape index (κ1) is 8.89. The minimum atomic E-state index is 0.0665. The summed E-state index contributed by atoms with van der Waals surface area (Å²) >= 11 is 0. The first-order valence-electron chi connectivity index (χ1n) is 3.15. The van der Waals surface area contributed by atoms with Crippen molar-refractivity contribution < 1.29 is 4.79 Å². The summed E-state index contributed by atoms with van der Waals surface area (Å²) in [5.41, 5.74) is 1.03. The van der Waals surface area contributed by atoms with E-state index in [1.807, 2.05) is 13.0 Å². The van der Waals surface area contributed by atoms with Crippen LogP contribution < -0.4 is 0 Å². The van der Waals surface area contributed by atoms with E-state index >= 15 is 0 Å². The highest BCUT2D eigenvalue weighted by atomic mass is 16.1. The highest BCUT2D eigenvalue weighted by molar-refractivity contribution is 5.87. The Morgan fingerprint density at radius 3 is 2.30 bits per heavy atom. The van der Waals surface area contributed by atoms with Crippen LogP contribution in [0.25, 0.3) is 0 Å². The molecular weight excluding hydrogens is 124 g/mol. The molecule has 0 radical (unpaired) electrons. The Balaban J connectivity index is 4.01. The molecule has 0 saturated heterocycles. The maximum Gasteiger partial charge on any atom is 0.152 e. The highest BCUT2D eigenvalue weighted by Crippen LogP contribution is 1.94. The molecule has 0 heterocycles. The van der Waals surface area contributed by atoms with Gasteiger partial charge in [-0.15, -0.1) is 0 Å². The van der Waals surface area contributed by atoms with Crippen molar-refractivity contribution in [2.75, 3.05) is 0 Å². The zero-order chi connectivity index (χ0) is 7.98. The summed E-state index contributed by atoms with van der Waals surface area (Å²) in [5, 5.41) is 0. The fraction of sp³-hybridized carbons (Fsp3) is 0.222.